The molecule has 1 aromatic heterocycles. The smallest absolute Gasteiger partial charge is 0.101 e. The van der Waals surface area contributed by atoms with Gasteiger partial charge in [0.15, 0.2) is 0 Å². The van der Waals surface area contributed by atoms with E-state index in [0.717, 1.165) is 38.1 Å². The van der Waals surface area contributed by atoms with Crippen LogP contribution in [-0.2, 0) is 11.2 Å². The summed E-state index contributed by atoms with van der Waals surface area (Å²) in [6.07, 6.45) is 5.72. The maximum absolute atomic E-state index is 5.67. The third-order valence-corrected chi connectivity index (χ3v) is 2.81. The highest BCUT2D eigenvalue weighted by Gasteiger charge is 2.18. The summed E-state index contributed by atoms with van der Waals surface area (Å²) in [5, 5.41) is 7.35. The van der Waals surface area contributed by atoms with E-state index in [9.17, 15) is 0 Å². The van der Waals surface area contributed by atoms with Crippen molar-refractivity contribution >= 4 is 0 Å². The molecular formula is C11H19N3O. The largest absolute Gasteiger partial charge is 0.372 e. The van der Waals surface area contributed by atoms with Gasteiger partial charge in [-0.25, -0.2) is 0 Å². The molecule has 0 aromatic carbocycles. The maximum Gasteiger partial charge on any atom is 0.101 e. The van der Waals surface area contributed by atoms with E-state index >= 15 is 0 Å². The van der Waals surface area contributed by atoms with Gasteiger partial charge in [0, 0.05) is 12.3 Å². The molecule has 1 aromatic rings. The van der Waals surface area contributed by atoms with E-state index in [1.54, 1.807) is 0 Å². The van der Waals surface area contributed by atoms with Crippen molar-refractivity contribution in [2.45, 2.75) is 38.2 Å². The van der Waals surface area contributed by atoms with E-state index in [4.69, 9.17) is 10.5 Å². The second-order valence-corrected chi connectivity index (χ2v) is 4.07. The fraction of sp³-hybridized carbons (Fsp3) is 0.727. The molecule has 1 aliphatic rings. The van der Waals surface area contributed by atoms with Crippen LogP contribution in [-0.4, -0.2) is 23.3 Å². The summed E-state index contributed by atoms with van der Waals surface area (Å²) in [5.41, 5.74) is 7.70. The molecule has 1 fully saturated rings. The topological polar surface area (TPSA) is 63.9 Å². The van der Waals surface area contributed by atoms with Crippen molar-refractivity contribution in [1.82, 2.24) is 10.2 Å². The third kappa shape index (κ3) is 2.79. The molecule has 1 aliphatic heterocycles. The minimum absolute atomic E-state index is 0.210. The van der Waals surface area contributed by atoms with Crippen molar-refractivity contribution in [2.24, 2.45) is 5.73 Å². The van der Waals surface area contributed by atoms with Gasteiger partial charge in [0.25, 0.3) is 0 Å². The Hall–Kier alpha value is -0.870. The van der Waals surface area contributed by atoms with Crippen LogP contribution in [0, 0.1) is 0 Å². The van der Waals surface area contributed by atoms with Crippen molar-refractivity contribution in [2.75, 3.05) is 13.2 Å². The molecular weight excluding hydrogens is 190 g/mol. The molecule has 3 N–H and O–H groups in total. The molecule has 84 valence electrons. The fourth-order valence-corrected chi connectivity index (χ4v) is 1.94. The summed E-state index contributed by atoms with van der Waals surface area (Å²) in [6, 6.07) is 2.12. The van der Waals surface area contributed by atoms with Crippen LogP contribution in [0.15, 0.2) is 6.07 Å². The first-order valence-electron chi connectivity index (χ1n) is 5.76. The number of aromatic nitrogens is 2. The lowest BCUT2D eigenvalue weighted by molar-refractivity contribution is 0.0123. The molecule has 4 nitrogen and oxygen atoms in total. The number of aromatic amines is 1. The Balaban J connectivity index is 1.93. The molecule has 0 bridgehead atoms. The SMILES string of the molecule is NCCCc1cc(C2CCCCO2)n[nH]1. The van der Waals surface area contributed by atoms with Crippen molar-refractivity contribution < 1.29 is 4.74 Å². The number of rotatable bonds is 4. The summed E-state index contributed by atoms with van der Waals surface area (Å²) >= 11 is 0. The number of hydrogen-bond donors (Lipinski definition) is 2. The zero-order valence-corrected chi connectivity index (χ0v) is 9.04. The van der Waals surface area contributed by atoms with Gasteiger partial charge in [-0.2, -0.15) is 5.10 Å². The average Bonchev–Trinajstić information content (AvgIpc) is 2.76. The molecule has 0 aliphatic carbocycles. The number of nitrogens with two attached hydrogens (primary N) is 1. The number of H-pyrrole nitrogens is 1. The first kappa shape index (κ1) is 10.6. The van der Waals surface area contributed by atoms with Gasteiger partial charge in [-0.3, -0.25) is 5.10 Å². The predicted molar refractivity (Wildman–Crippen MR) is 58.5 cm³/mol. The summed E-state index contributed by atoms with van der Waals surface area (Å²) in [6.45, 7) is 1.60. The van der Waals surface area contributed by atoms with Crippen LogP contribution in [0.1, 0.15) is 43.2 Å². The van der Waals surface area contributed by atoms with E-state index in [1.165, 1.54) is 18.5 Å². The van der Waals surface area contributed by atoms with Gasteiger partial charge in [0.1, 0.15) is 6.10 Å². The summed E-state index contributed by atoms with van der Waals surface area (Å²) < 4.78 is 5.67. The molecule has 2 rings (SSSR count). The highest BCUT2D eigenvalue weighted by molar-refractivity contribution is 5.11. The van der Waals surface area contributed by atoms with Crippen LogP contribution < -0.4 is 5.73 Å². The molecule has 1 unspecified atom stereocenters. The van der Waals surface area contributed by atoms with Gasteiger partial charge in [-0.05, 0) is 44.7 Å². The van der Waals surface area contributed by atoms with Gasteiger partial charge >= 0.3 is 0 Å². The Morgan fingerprint density at radius 2 is 2.47 bits per heavy atom. The van der Waals surface area contributed by atoms with Gasteiger partial charge in [-0.15, -0.1) is 0 Å². The van der Waals surface area contributed by atoms with E-state index in [-0.39, 0.29) is 6.10 Å². The van der Waals surface area contributed by atoms with Gasteiger partial charge in [0.2, 0.25) is 0 Å². The number of nitrogens with zero attached hydrogens (tertiary/aromatic N) is 1. The van der Waals surface area contributed by atoms with E-state index < -0.39 is 0 Å². The number of nitrogens with one attached hydrogen (secondary N) is 1. The van der Waals surface area contributed by atoms with Crippen molar-refractivity contribution in [1.29, 1.82) is 0 Å². The normalized spacial score (nSPS) is 21.8. The van der Waals surface area contributed by atoms with Gasteiger partial charge in [-0.1, -0.05) is 0 Å². The van der Waals surface area contributed by atoms with Crippen LogP contribution >= 0.6 is 0 Å². The molecule has 15 heavy (non-hydrogen) atoms. The number of ether oxygens (including phenoxy) is 1. The first-order valence-corrected chi connectivity index (χ1v) is 5.76. The van der Waals surface area contributed by atoms with E-state index in [2.05, 4.69) is 16.3 Å². The third-order valence-electron chi connectivity index (χ3n) is 2.81. The Morgan fingerprint density at radius 3 is 3.20 bits per heavy atom. The monoisotopic (exact) mass is 209 g/mol. The summed E-state index contributed by atoms with van der Waals surface area (Å²) in [4.78, 5) is 0. The van der Waals surface area contributed by atoms with Crippen LogP contribution in [0.5, 0.6) is 0 Å². The lowest BCUT2D eigenvalue weighted by Crippen LogP contribution is -2.11. The molecule has 1 atom stereocenters. The molecule has 0 radical (unpaired) electrons. The fourth-order valence-electron chi connectivity index (χ4n) is 1.94. The lowest BCUT2D eigenvalue weighted by Gasteiger charge is -2.20. The zero-order chi connectivity index (χ0) is 10.5. The van der Waals surface area contributed by atoms with Gasteiger partial charge in [0.05, 0.1) is 5.69 Å². The van der Waals surface area contributed by atoms with E-state index in [0.29, 0.717) is 0 Å². The second-order valence-electron chi connectivity index (χ2n) is 4.07. The zero-order valence-electron chi connectivity index (χ0n) is 9.04. The average molecular weight is 209 g/mol. The lowest BCUT2D eigenvalue weighted by atomic mass is 10.1. The Labute approximate surface area is 90.2 Å². The van der Waals surface area contributed by atoms with Crippen LogP contribution in [0.4, 0.5) is 0 Å². The maximum atomic E-state index is 5.67. The summed E-state index contributed by atoms with van der Waals surface area (Å²) in [7, 11) is 0. The minimum atomic E-state index is 0.210. The number of aryl methyl sites for hydroxylation is 1. The standard InChI is InChI=1S/C11H19N3O/c12-6-3-4-9-8-10(14-13-9)11-5-1-2-7-15-11/h8,11H,1-7,12H2,(H,13,14). The van der Waals surface area contributed by atoms with Gasteiger partial charge < -0.3 is 10.5 Å². The molecule has 0 spiro atoms. The predicted octanol–water partition coefficient (Wildman–Crippen LogP) is 1.54. The van der Waals surface area contributed by atoms with Crippen LogP contribution in [0.2, 0.25) is 0 Å². The van der Waals surface area contributed by atoms with Crippen LogP contribution in [0.25, 0.3) is 0 Å². The van der Waals surface area contributed by atoms with E-state index in [1.807, 2.05) is 0 Å². The molecule has 0 amide bonds. The molecule has 2 heterocycles. The van der Waals surface area contributed by atoms with Crippen molar-refractivity contribution in [3.8, 4) is 0 Å². The Kier molecular flexibility index (Phi) is 3.75. The Morgan fingerprint density at radius 1 is 1.53 bits per heavy atom. The first-order chi connectivity index (χ1) is 7.40. The highest BCUT2D eigenvalue weighted by atomic mass is 16.5. The van der Waals surface area contributed by atoms with Crippen molar-refractivity contribution in [3.63, 3.8) is 0 Å². The van der Waals surface area contributed by atoms with Crippen LogP contribution in [0.3, 0.4) is 0 Å². The highest BCUT2D eigenvalue weighted by Crippen LogP contribution is 2.26. The second kappa shape index (κ2) is 5.28. The van der Waals surface area contributed by atoms with Crippen molar-refractivity contribution in [3.05, 3.63) is 17.5 Å². The molecule has 4 heteroatoms. The quantitative estimate of drug-likeness (QED) is 0.790. The number of hydrogen-bond acceptors (Lipinski definition) is 3. The molecule has 1 saturated heterocycles. The molecule has 0 saturated carbocycles. The Bertz CT molecular complexity index is 292. The summed E-state index contributed by atoms with van der Waals surface area (Å²) in [5.74, 6) is 0. The minimum Gasteiger partial charge on any atom is -0.372 e.